The summed E-state index contributed by atoms with van der Waals surface area (Å²) in [6.07, 6.45) is 3.37. The van der Waals surface area contributed by atoms with Crippen LogP contribution in [0.15, 0.2) is 42.7 Å². The molecule has 4 rings (SSSR count). The number of hydrogen-bond donors (Lipinski definition) is 1. The molecule has 1 fully saturated rings. The highest BCUT2D eigenvalue weighted by molar-refractivity contribution is 5.96. The van der Waals surface area contributed by atoms with E-state index in [1.807, 2.05) is 10.7 Å². The van der Waals surface area contributed by atoms with Crippen LogP contribution in [-0.4, -0.2) is 51.9 Å². The molecule has 0 aliphatic carbocycles. The normalized spacial score (nSPS) is 15.1. The van der Waals surface area contributed by atoms with Gasteiger partial charge in [-0.15, -0.1) is 0 Å². The van der Waals surface area contributed by atoms with E-state index in [0.29, 0.717) is 12.1 Å². The third-order valence-electron chi connectivity index (χ3n) is 5.17. The molecule has 3 aromatic rings. The molecule has 7 heteroatoms. The Morgan fingerprint density at radius 3 is 2.59 bits per heavy atom. The van der Waals surface area contributed by atoms with E-state index in [1.54, 1.807) is 12.4 Å². The fraction of sp³-hybridized carbons (Fsp3) is 0.409. The van der Waals surface area contributed by atoms with Crippen LogP contribution in [0, 0.1) is 0 Å². The van der Waals surface area contributed by atoms with Crippen LogP contribution < -0.4 is 5.32 Å². The van der Waals surface area contributed by atoms with Crippen LogP contribution in [0.1, 0.15) is 41.4 Å². The maximum atomic E-state index is 12.5. The highest BCUT2D eigenvalue weighted by Crippen LogP contribution is 2.17. The zero-order chi connectivity index (χ0) is 20.2. The summed E-state index contributed by atoms with van der Waals surface area (Å²) in [7, 11) is 0. The lowest BCUT2D eigenvalue weighted by Gasteiger charge is -2.26. The van der Waals surface area contributed by atoms with Crippen LogP contribution >= 0.6 is 0 Å². The largest absolute Gasteiger partial charge is 0.379 e. The Morgan fingerprint density at radius 1 is 1.14 bits per heavy atom. The van der Waals surface area contributed by atoms with Crippen molar-refractivity contribution in [3.63, 3.8) is 0 Å². The second-order valence-corrected chi connectivity index (χ2v) is 7.71. The van der Waals surface area contributed by atoms with Gasteiger partial charge >= 0.3 is 0 Å². The van der Waals surface area contributed by atoms with Crippen molar-refractivity contribution in [1.29, 1.82) is 0 Å². The summed E-state index contributed by atoms with van der Waals surface area (Å²) < 4.78 is 7.25. The van der Waals surface area contributed by atoms with Gasteiger partial charge in [-0.05, 0) is 31.0 Å². The van der Waals surface area contributed by atoms with Crippen LogP contribution in [0.5, 0.6) is 0 Å². The number of rotatable bonds is 6. The highest BCUT2D eigenvalue weighted by atomic mass is 16.5. The van der Waals surface area contributed by atoms with Gasteiger partial charge in [-0.2, -0.15) is 5.10 Å². The molecule has 0 unspecified atom stereocenters. The quantitative estimate of drug-likeness (QED) is 0.697. The zero-order valence-corrected chi connectivity index (χ0v) is 17.0. The van der Waals surface area contributed by atoms with Gasteiger partial charge in [-0.3, -0.25) is 9.69 Å². The van der Waals surface area contributed by atoms with Gasteiger partial charge in [0.25, 0.3) is 5.91 Å². The van der Waals surface area contributed by atoms with E-state index in [-0.39, 0.29) is 11.9 Å². The van der Waals surface area contributed by atoms with Gasteiger partial charge in [0.15, 0.2) is 5.65 Å². The first kappa shape index (κ1) is 19.5. The molecule has 3 heterocycles. The van der Waals surface area contributed by atoms with E-state index < -0.39 is 0 Å². The van der Waals surface area contributed by atoms with Gasteiger partial charge in [0.1, 0.15) is 0 Å². The summed E-state index contributed by atoms with van der Waals surface area (Å²) in [6, 6.07) is 10.5. The van der Waals surface area contributed by atoms with E-state index in [1.165, 1.54) is 5.56 Å². The van der Waals surface area contributed by atoms with Crippen LogP contribution in [0.25, 0.3) is 11.0 Å². The number of fused-ring (bicyclic) bond motifs is 1. The lowest BCUT2D eigenvalue weighted by Crippen LogP contribution is -2.35. The monoisotopic (exact) mass is 393 g/mol. The molecule has 7 nitrogen and oxygen atoms in total. The summed E-state index contributed by atoms with van der Waals surface area (Å²) in [6.45, 7) is 9.11. The van der Waals surface area contributed by atoms with Crippen molar-refractivity contribution in [2.24, 2.45) is 0 Å². The molecular weight excluding hydrogens is 366 g/mol. The topological polar surface area (TPSA) is 72.3 Å². The maximum Gasteiger partial charge on any atom is 0.253 e. The predicted molar refractivity (Wildman–Crippen MR) is 112 cm³/mol. The second-order valence-electron chi connectivity index (χ2n) is 7.71. The van der Waals surface area contributed by atoms with Crippen molar-refractivity contribution in [1.82, 2.24) is 25.0 Å². The van der Waals surface area contributed by atoms with Crippen molar-refractivity contribution in [2.45, 2.75) is 33.0 Å². The van der Waals surface area contributed by atoms with Gasteiger partial charge in [-0.1, -0.05) is 24.3 Å². The number of aromatic nitrogens is 3. The first-order chi connectivity index (χ1) is 14.1. The molecule has 1 amide bonds. The zero-order valence-electron chi connectivity index (χ0n) is 17.0. The van der Waals surface area contributed by atoms with E-state index in [4.69, 9.17) is 4.74 Å². The van der Waals surface area contributed by atoms with Crippen LogP contribution in [0.2, 0.25) is 0 Å². The van der Waals surface area contributed by atoms with Gasteiger partial charge in [0.2, 0.25) is 0 Å². The highest BCUT2D eigenvalue weighted by Gasteiger charge is 2.12. The summed E-state index contributed by atoms with van der Waals surface area (Å²) in [5.74, 6) is -0.130. The minimum Gasteiger partial charge on any atom is -0.379 e. The predicted octanol–water partition coefficient (Wildman–Crippen LogP) is 2.77. The standard InChI is InChI=1S/C22H27N5O2/c1-16(2)27-21-19(14-25-27)11-20(13-23-21)22(28)24-12-17-3-5-18(6-4-17)15-26-7-9-29-10-8-26/h3-6,11,13-14,16H,7-10,12,15H2,1-2H3,(H,24,28). The molecule has 0 radical (unpaired) electrons. The smallest absolute Gasteiger partial charge is 0.253 e. The Kier molecular flexibility index (Phi) is 5.87. The average molecular weight is 393 g/mol. The Balaban J connectivity index is 1.34. The number of carbonyl (C=O) groups is 1. The summed E-state index contributed by atoms with van der Waals surface area (Å²) in [4.78, 5) is 19.4. The molecule has 1 saturated heterocycles. The number of carbonyl (C=O) groups excluding carboxylic acids is 1. The summed E-state index contributed by atoms with van der Waals surface area (Å²) in [5, 5.41) is 8.20. The van der Waals surface area contributed by atoms with Crippen molar-refractivity contribution in [3.05, 3.63) is 59.4 Å². The molecule has 152 valence electrons. The van der Waals surface area contributed by atoms with Crippen molar-refractivity contribution in [2.75, 3.05) is 26.3 Å². The SMILES string of the molecule is CC(C)n1ncc2cc(C(=O)NCc3ccc(CN4CCOCC4)cc3)cnc21. The number of benzene rings is 1. The van der Waals surface area contributed by atoms with Gasteiger partial charge in [-0.25, -0.2) is 9.67 Å². The molecule has 0 atom stereocenters. The van der Waals surface area contributed by atoms with E-state index in [9.17, 15) is 4.79 Å². The molecular formula is C22H27N5O2. The molecule has 1 aromatic carbocycles. The first-order valence-electron chi connectivity index (χ1n) is 10.1. The number of nitrogens with one attached hydrogen (secondary N) is 1. The molecule has 1 N–H and O–H groups in total. The molecule has 0 bridgehead atoms. The Bertz CT molecular complexity index is 975. The lowest BCUT2D eigenvalue weighted by molar-refractivity contribution is 0.0342. The van der Waals surface area contributed by atoms with Crippen molar-refractivity contribution < 1.29 is 9.53 Å². The second kappa shape index (κ2) is 8.71. The number of nitrogens with zero attached hydrogens (tertiary/aromatic N) is 4. The number of amides is 1. The number of morpholine rings is 1. The first-order valence-corrected chi connectivity index (χ1v) is 10.1. The van der Waals surface area contributed by atoms with Crippen molar-refractivity contribution >= 4 is 16.9 Å². The van der Waals surface area contributed by atoms with Crippen LogP contribution in [0.3, 0.4) is 0 Å². The van der Waals surface area contributed by atoms with E-state index >= 15 is 0 Å². The molecule has 2 aromatic heterocycles. The van der Waals surface area contributed by atoms with Crippen LogP contribution in [-0.2, 0) is 17.8 Å². The lowest BCUT2D eigenvalue weighted by atomic mass is 10.1. The molecule has 29 heavy (non-hydrogen) atoms. The number of pyridine rings is 1. The summed E-state index contributed by atoms with van der Waals surface area (Å²) >= 11 is 0. The third kappa shape index (κ3) is 4.63. The van der Waals surface area contributed by atoms with Crippen LogP contribution in [0.4, 0.5) is 0 Å². The van der Waals surface area contributed by atoms with E-state index in [0.717, 1.165) is 49.4 Å². The average Bonchev–Trinajstić information content (AvgIpc) is 3.17. The maximum absolute atomic E-state index is 12.5. The van der Waals surface area contributed by atoms with Crippen molar-refractivity contribution in [3.8, 4) is 0 Å². The Hall–Kier alpha value is -2.77. The minimum atomic E-state index is -0.130. The minimum absolute atomic E-state index is 0.130. The molecule has 0 spiro atoms. The van der Waals surface area contributed by atoms with Gasteiger partial charge in [0, 0.05) is 43.8 Å². The molecule has 1 aliphatic heterocycles. The number of ether oxygens (including phenoxy) is 1. The Morgan fingerprint density at radius 2 is 1.86 bits per heavy atom. The van der Waals surface area contributed by atoms with Gasteiger partial charge < -0.3 is 10.1 Å². The van der Waals surface area contributed by atoms with Gasteiger partial charge in [0.05, 0.1) is 25.0 Å². The summed E-state index contributed by atoms with van der Waals surface area (Å²) in [5.41, 5.74) is 3.70. The fourth-order valence-electron chi connectivity index (χ4n) is 3.51. The number of hydrogen-bond acceptors (Lipinski definition) is 5. The molecule has 0 saturated carbocycles. The third-order valence-corrected chi connectivity index (χ3v) is 5.17. The Labute approximate surface area is 170 Å². The molecule has 1 aliphatic rings. The fourth-order valence-corrected chi connectivity index (χ4v) is 3.51. The van der Waals surface area contributed by atoms with E-state index in [2.05, 4.69) is 58.4 Å².